The molecule has 2 heterocycles. The van der Waals surface area contributed by atoms with E-state index in [0.29, 0.717) is 17.4 Å². The van der Waals surface area contributed by atoms with Gasteiger partial charge in [-0.05, 0) is 88.5 Å². The van der Waals surface area contributed by atoms with E-state index in [2.05, 4.69) is 18.2 Å². The zero-order valence-corrected chi connectivity index (χ0v) is 31.4. The molecule has 0 bridgehead atoms. The van der Waals surface area contributed by atoms with Gasteiger partial charge in [0.05, 0.1) is 56.2 Å². The van der Waals surface area contributed by atoms with Gasteiger partial charge in [-0.2, -0.15) is 31.6 Å². The molecule has 0 N–H and O–H groups in total. The lowest BCUT2D eigenvalue weighted by atomic mass is 9.92. The molecule has 2 aromatic heterocycles. The molecule has 0 radical (unpaired) electrons. The van der Waals surface area contributed by atoms with Gasteiger partial charge < -0.3 is 9.13 Å². The van der Waals surface area contributed by atoms with E-state index < -0.39 is 29.0 Å². The second kappa shape index (κ2) is 13.8. The van der Waals surface area contributed by atoms with Crippen molar-refractivity contribution in [1.82, 2.24) is 9.13 Å². The maximum Gasteiger partial charge on any atom is 0.417 e. The third-order valence-corrected chi connectivity index (χ3v) is 11.2. The number of alkyl halides is 6. The summed E-state index contributed by atoms with van der Waals surface area (Å²) in [5.74, 6) is 0. The lowest BCUT2D eigenvalue weighted by Crippen LogP contribution is -2.13. The fraction of sp³-hybridized carbons (Fsp3) is 0.0392. The number of nitrogens with zero attached hydrogens (tertiary/aromatic N) is 3. The van der Waals surface area contributed by atoms with Gasteiger partial charge in [0.2, 0.25) is 0 Å². The molecule has 0 atom stereocenters. The van der Waals surface area contributed by atoms with Crippen molar-refractivity contribution in [1.29, 1.82) is 5.26 Å². The highest BCUT2D eigenvalue weighted by Gasteiger charge is 2.39. The minimum Gasteiger partial charge on any atom is -0.307 e. The van der Waals surface area contributed by atoms with Crippen molar-refractivity contribution < 1.29 is 26.3 Å². The van der Waals surface area contributed by atoms with Gasteiger partial charge in [-0.15, -0.1) is 0 Å². The zero-order chi connectivity index (χ0) is 41.3. The van der Waals surface area contributed by atoms with Crippen molar-refractivity contribution in [2.24, 2.45) is 0 Å². The molecule has 0 fully saturated rings. The van der Waals surface area contributed by atoms with Crippen LogP contribution in [0.5, 0.6) is 0 Å². The van der Waals surface area contributed by atoms with Crippen LogP contribution in [-0.2, 0) is 12.4 Å². The van der Waals surface area contributed by atoms with E-state index in [0.717, 1.165) is 71.9 Å². The maximum absolute atomic E-state index is 14.9. The van der Waals surface area contributed by atoms with Crippen LogP contribution in [0.3, 0.4) is 0 Å². The van der Waals surface area contributed by atoms with Gasteiger partial charge >= 0.3 is 12.4 Å². The topological polar surface area (TPSA) is 33.6 Å². The molecule has 0 saturated heterocycles. The van der Waals surface area contributed by atoms with Crippen LogP contribution in [0.2, 0.25) is 0 Å². The summed E-state index contributed by atoms with van der Waals surface area (Å²) in [5, 5.41) is 14.3. The van der Waals surface area contributed by atoms with Gasteiger partial charge in [0, 0.05) is 27.1 Å². The van der Waals surface area contributed by atoms with Crippen molar-refractivity contribution in [2.75, 3.05) is 0 Å². The number of nitriles is 1. The normalized spacial score (nSPS) is 12.2. The number of aromatic nitrogens is 2. The van der Waals surface area contributed by atoms with Gasteiger partial charge in [0.1, 0.15) is 0 Å². The molecule has 10 rings (SSSR count). The smallest absolute Gasteiger partial charge is 0.307 e. The molecule has 0 amide bonds. The summed E-state index contributed by atoms with van der Waals surface area (Å²) in [6.45, 7) is 0. The SMILES string of the molecule is N#Cc1cc(-n2c3ccccc3c3cc(-c4ccccc4)ccc32)c(-n2c3ccccc3c3cc(-c4ccccc4)ccc32)cc1-c1ccc(C(F)(F)F)cc1C(F)(F)F. The summed E-state index contributed by atoms with van der Waals surface area (Å²) in [4.78, 5) is 0. The van der Waals surface area contributed by atoms with E-state index >= 15 is 0 Å². The molecule has 3 nitrogen and oxygen atoms in total. The van der Waals surface area contributed by atoms with Crippen molar-refractivity contribution in [3.8, 4) is 50.8 Å². The summed E-state index contributed by atoms with van der Waals surface area (Å²) in [6, 6.07) is 54.2. The Morgan fingerprint density at radius 2 is 0.850 bits per heavy atom. The molecule has 0 saturated carbocycles. The Hall–Kier alpha value is -7.57. The van der Waals surface area contributed by atoms with Crippen molar-refractivity contribution in [3.05, 3.63) is 193 Å². The highest BCUT2D eigenvalue weighted by molar-refractivity contribution is 6.13. The van der Waals surface area contributed by atoms with E-state index in [9.17, 15) is 31.6 Å². The first kappa shape index (κ1) is 36.7. The van der Waals surface area contributed by atoms with Gasteiger partial charge in [-0.3, -0.25) is 0 Å². The summed E-state index contributed by atoms with van der Waals surface area (Å²) in [7, 11) is 0. The van der Waals surface area contributed by atoms with E-state index in [4.69, 9.17) is 0 Å². The Bertz CT molecular complexity index is 3350. The van der Waals surface area contributed by atoms with E-state index in [1.54, 1.807) is 6.07 Å². The Morgan fingerprint density at radius 3 is 1.33 bits per heavy atom. The Morgan fingerprint density at radius 1 is 0.383 bits per heavy atom. The van der Waals surface area contributed by atoms with Gasteiger partial charge in [-0.25, -0.2) is 0 Å². The van der Waals surface area contributed by atoms with Crippen molar-refractivity contribution >= 4 is 43.6 Å². The highest BCUT2D eigenvalue weighted by Crippen LogP contribution is 2.46. The number of para-hydroxylation sites is 2. The molecule has 0 aliphatic carbocycles. The Balaban J connectivity index is 1.34. The first-order valence-corrected chi connectivity index (χ1v) is 19.0. The summed E-state index contributed by atoms with van der Waals surface area (Å²) in [6.07, 6.45) is -10.2. The first-order valence-electron chi connectivity index (χ1n) is 19.0. The second-order valence-electron chi connectivity index (χ2n) is 14.7. The second-order valence-corrected chi connectivity index (χ2v) is 14.7. The van der Waals surface area contributed by atoms with Crippen LogP contribution in [-0.4, -0.2) is 9.13 Å². The number of benzene rings is 8. The molecule has 0 aliphatic heterocycles. The van der Waals surface area contributed by atoms with E-state index in [1.165, 1.54) is 6.07 Å². The predicted octanol–water partition coefficient (Wildman–Crippen LogP) is 14.8. The highest BCUT2D eigenvalue weighted by atomic mass is 19.4. The molecule has 60 heavy (non-hydrogen) atoms. The first-order chi connectivity index (χ1) is 29.0. The number of fused-ring (bicyclic) bond motifs is 6. The molecular formula is C51H29F6N3. The van der Waals surface area contributed by atoms with Crippen LogP contribution >= 0.6 is 0 Å². The Kier molecular flexibility index (Phi) is 8.44. The molecule has 9 heteroatoms. The average molecular weight is 798 g/mol. The van der Waals surface area contributed by atoms with E-state index in [1.807, 2.05) is 143 Å². The van der Waals surface area contributed by atoms with Gasteiger partial charge in [-0.1, -0.05) is 115 Å². The number of halogens is 6. The molecule has 10 aromatic rings. The molecule has 0 aliphatic rings. The number of hydrogen-bond acceptors (Lipinski definition) is 1. The molecular weight excluding hydrogens is 769 g/mol. The fourth-order valence-electron chi connectivity index (χ4n) is 8.53. The minimum absolute atomic E-state index is 0.118. The van der Waals surface area contributed by atoms with Crippen molar-refractivity contribution in [3.63, 3.8) is 0 Å². The van der Waals surface area contributed by atoms with Crippen LogP contribution in [0, 0.1) is 11.3 Å². The Labute approximate surface area is 339 Å². The summed E-state index contributed by atoms with van der Waals surface area (Å²) >= 11 is 0. The third-order valence-electron chi connectivity index (χ3n) is 11.2. The van der Waals surface area contributed by atoms with Crippen molar-refractivity contribution in [2.45, 2.75) is 12.4 Å². The number of hydrogen-bond donors (Lipinski definition) is 0. The van der Waals surface area contributed by atoms with Crippen LogP contribution < -0.4 is 0 Å². The monoisotopic (exact) mass is 797 g/mol. The summed E-state index contributed by atoms with van der Waals surface area (Å²) < 4.78 is 90.2. The lowest BCUT2D eigenvalue weighted by molar-refractivity contribution is -0.142. The van der Waals surface area contributed by atoms with Crippen LogP contribution in [0.25, 0.3) is 88.4 Å². The van der Waals surface area contributed by atoms with Gasteiger partial charge in [0.25, 0.3) is 0 Å². The maximum atomic E-state index is 14.9. The third kappa shape index (κ3) is 5.99. The standard InChI is InChI=1S/C51H29F6N3/c52-50(53,54)36-21-22-37(43(28-36)51(55,56)57)40-29-49(60-45-18-10-8-16-39(45)42-26-34(20-24-47(42)60)32-13-5-2-6-14-32)48(27-35(40)30-58)59-44-17-9-7-15-38(44)41-25-33(19-23-46(41)59)31-11-3-1-4-12-31/h1-29H. The van der Waals surface area contributed by atoms with Crippen LogP contribution in [0.4, 0.5) is 26.3 Å². The fourth-order valence-corrected chi connectivity index (χ4v) is 8.53. The zero-order valence-electron chi connectivity index (χ0n) is 31.4. The number of rotatable bonds is 5. The molecule has 0 unspecified atom stereocenters. The minimum atomic E-state index is -5.17. The molecule has 0 spiro atoms. The quantitative estimate of drug-likeness (QED) is 0.160. The largest absolute Gasteiger partial charge is 0.417 e. The molecule has 8 aromatic carbocycles. The molecule has 290 valence electrons. The lowest BCUT2D eigenvalue weighted by Gasteiger charge is -2.21. The summed E-state index contributed by atoms with van der Waals surface area (Å²) in [5.41, 5.74) is 4.16. The average Bonchev–Trinajstić information content (AvgIpc) is 3.78. The van der Waals surface area contributed by atoms with Crippen LogP contribution in [0.15, 0.2) is 176 Å². The van der Waals surface area contributed by atoms with Gasteiger partial charge in [0.15, 0.2) is 0 Å². The van der Waals surface area contributed by atoms with E-state index in [-0.39, 0.29) is 17.2 Å². The predicted molar refractivity (Wildman–Crippen MR) is 226 cm³/mol. The van der Waals surface area contributed by atoms with Crippen LogP contribution in [0.1, 0.15) is 16.7 Å².